The minimum atomic E-state index is -3.17. The molecule has 0 saturated carbocycles. The Labute approximate surface area is 366 Å². The normalized spacial score (nSPS) is 10.5. The van der Waals surface area contributed by atoms with Crippen LogP contribution in [0.15, 0.2) is 60.9 Å². The van der Waals surface area contributed by atoms with Crippen molar-refractivity contribution in [2.45, 2.75) is 44.0 Å². The van der Waals surface area contributed by atoms with Gasteiger partial charge in [0.25, 0.3) is 11.8 Å². The molecular formula is C38H36Cl4F4N4O7S2. The average Bonchev–Trinajstić information content (AvgIpc) is 3.20. The zero-order valence-electron chi connectivity index (χ0n) is 32.0. The number of aryl methyl sites for hydroxylation is 1. The molecule has 0 fully saturated rings. The number of thioether (sulfide) groups is 2. The number of anilines is 2. The highest BCUT2D eigenvalue weighted by molar-refractivity contribution is 8.12. The molecule has 0 aliphatic heterocycles. The van der Waals surface area contributed by atoms with Crippen LogP contribution in [-0.2, 0) is 41.1 Å². The monoisotopic (exact) mass is 940 g/mol. The van der Waals surface area contributed by atoms with Crippen LogP contribution in [0.25, 0.3) is 0 Å². The number of nitrogens with zero attached hydrogens (tertiary/aromatic N) is 4. The van der Waals surface area contributed by atoms with E-state index < -0.39 is 30.6 Å². The molecule has 0 saturated heterocycles. The number of pyridine rings is 2. The van der Waals surface area contributed by atoms with Crippen LogP contribution >= 0.6 is 69.9 Å². The summed E-state index contributed by atoms with van der Waals surface area (Å²) in [6, 6.07) is 13.3. The van der Waals surface area contributed by atoms with Crippen molar-refractivity contribution in [3.8, 4) is 0 Å². The molecule has 21 heteroatoms. The van der Waals surface area contributed by atoms with Gasteiger partial charge in [-0.25, -0.2) is 19.6 Å². The first-order valence-electron chi connectivity index (χ1n) is 16.6. The number of benzene rings is 2. The first-order valence-corrected chi connectivity index (χ1v) is 20.2. The predicted octanol–water partition coefficient (Wildman–Crippen LogP) is 10.0. The van der Waals surface area contributed by atoms with Crippen molar-refractivity contribution >= 4 is 110 Å². The summed E-state index contributed by atoms with van der Waals surface area (Å²) in [6.45, 7) is 3.22. The number of rotatable bonds is 12. The highest BCUT2D eigenvalue weighted by Gasteiger charge is 2.27. The molecule has 318 valence electrons. The number of esters is 2. The van der Waals surface area contributed by atoms with Gasteiger partial charge in [-0.05, 0) is 53.4 Å². The number of alkyl halides is 4. The first kappa shape index (κ1) is 51.0. The fourth-order valence-corrected chi connectivity index (χ4v) is 7.75. The van der Waals surface area contributed by atoms with Gasteiger partial charge in [-0.3, -0.25) is 14.4 Å². The first-order chi connectivity index (χ1) is 27.8. The van der Waals surface area contributed by atoms with Crippen LogP contribution in [0.5, 0.6) is 0 Å². The maximum Gasteiger partial charge on any atom is 0.356 e. The number of aromatic nitrogens is 2. The van der Waals surface area contributed by atoms with Gasteiger partial charge in [-0.15, -0.1) is 0 Å². The Kier molecular flexibility index (Phi) is 21.5. The fraction of sp³-hybridized carbons (Fsp3) is 0.289. The lowest BCUT2D eigenvalue weighted by Gasteiger charge is -2.21. The molecule has 2 heterocycles. The Morgan fingerprint density at radius 3 is 1.53 bits per heavy atom. The van der Waals surface area contributed by atoms with E-state index in [0.717, 1.165) is 27.1 Å². The highest BCUT2D eigenvalue weighted by Crippen LogP contribution is 2.39. The number of carbonyl (C=O) groups is 5. The van der Waals surface area contributed by atoms with E-state index >= 15 is 0 Å². The second-order valence-corrected chi connectivity index (χ2v) is 15.3. The van der Waals surface area contributed by atoms with Crippen LogP contribution in [0, 0.1) is 6.92 Å². The molecule has 0 spiro atoms. The van der Waals surface area contributed by atoms with E-state index in [-0.39, 0.29) is 54.0 Å². The summed E-state index contributed by atoms with van der Waals surface area (Å²) < 4.78 is 59.6. The smallest absolute Gasteiger partial charge is 0.356 e. The number of amides is 2. The summed E-state index contributed by atoms with van der Waals surface area (Å²) in [5.41, 5.74) is 3.33. The Balaban J connectivity index is 0.000000335. The topological polar surface area (TPSA) is 136 Å². The number of methoxy groups -OCH3 is 2. The van der Waals surface area contributed by atoms with Gasteiger partial charge in [-0.1, -0.05) is 82.4 Å². The highest BCUT2D eigenvalue weighted by atomic mass is 35.5. The summed E-state index contributed by atoms with van der Waals surface area (Å²) in [5, 5.41) is 0.284. The van der Waals surface area contributed by atoms with Crippen molar-refractivity contribution in [3.63, 3.8) is 0 Å². The second-order valence-electron chi connectivity index (χ2n) is 11.6. The molecule has 0 unspecified atom stereocenters. The number of hydrogen-bond acceptors (Lipinski definition) is 11. The molecule has 0 aliphatic carbocycles. The van der Waals surface area contributed by atoms with Crippen molar-refractivity contribution in [2.24, 2.45) is 0 Å². The average molecular weight is 943 g/mol. The third kappa shape index (κ3) is 14.8. The summed E-state index contributed by atoms with van der Waals surface area (Å²) in [5.74, 6) is -2.60. The quantitative estimate of drug-likeness (QED) is 0.0992. The predicted molar refractivity (Wildman–Crippen MR) is 225 cm³/mol. The van der Waals surface area contributed by atoms with Crippen molar-refractivity contribution < 1.29 is 51.0 Å². The van der Waals surface area contributed by atoms with E-state index in [1.54, 1.807) is 36.5 Å². The van der Waals surface area contributed by atoms with Crippen molar-refractivity contribution in [3.05, 3.63) is 115 Å². The van der Waals surface area contributed by atoms with Gasteiger partial charge in [0.05, 0.1) is 45.7 Å². The van der Waals surface area contributed by atoms with E-state index in [1.165, 1.54) is 65.3 Å². The third-order valence-corrected chi connectivity index (χ3v) is 10.9. The molecule has 2 aromatic carbocycles. The molecule has 2 aromatic heterocycles. The van der Waals surface area contributed by atoms with Gasteiger partial charge in [0.2, 0.25) is 0 Å². The molecule has 0 aliphatic rings. The molecule has 0 atom stereocenters. The van der Waals surface area contributed by atoms with E-state index in [2.05, 4.69) is 14.7 Å². The minimum Gasteiger partial charge on any atom is -0.464 e. The van der Waals surface area contributed by atoms with E-state index in [4.69, 9.17) is 51.1 Å². The lowest BCUT2D eigenvalue weighted by atomic mass is 10.2. The van der Waals surface area contributed by atoms with Gasteiger partial charge < -0.3 is 19.3 Å². The molecule has 11 nitrogen and oxygen atoms in total. The lowest BCUT2D eigenvalue weighted by Crippen LogP contribution is -2.32. The van der Waals surface area contributed by atoms with Crippen LogP contribution in [0.3, 0.4) is 0 Å². The van der Waals surface area contributed by atoms with Crippen molar-refractivity contribution in [2.75, 3.05) is 38.1 Å². The van der Waals surface area contributed by atoms with Gasteiger partial charge in [0.15, 0.2) is 16.5 Å². The van der Waals surface area contributed by atoms with Gasteiger partial charge in [0, 0.05) is 50.7 Å². The summed E-state index contributed by atoms with van der Waals surface area (Å²) in [4.78, 5) is 66.0. The Morgan fingerprint density at radius 1 is 0.661 bits per heavy atom. The Bertz CT molecular complexity index is 2140. The number of carbonyl (C=O) groups excluding carboxylic acids is 5. The Hall–Kier alpha value is -4.13. The number of halogens is 8. The van der Waals surface area contributed by atoms with E-state index in [9.17, 15) is 41.5 Å². The second kappa shape index (κ2) is 24.8. The summed E-state index contributed by atoms with van der Waals surface area (Å²) in [7, 11) is 4.98. The maximum absolute atomic E-state index is 12.7. The van der Waals surface area contributed by atoms with Crippen LogP contribution in [0.2, 0.25) is 20.1 Å². The maximum atomic E-state index is 12.7. The number of hydrogen-bond donors (Lipinski definition) is 0. The minimum absolute atomic E-state index is 0.0142. The lowest BCUT2D eigenvalue weighted by molar-refractivity contribution is -0.129. The summed E-state index contributed by atoms with van der Waals surface area (Å²) in [6.07, 6.45) is -3.25. The fourth-order valence-electron chi connectivity index (χ4n) is 4.60. The van der Waals surface area contributed by atoms with E-state index in [0.29, 0.717) is 33.9 Å². The zero-order valence-corrected chi connectivity index (χ0v) is 36.7. The number of ether oxygens (including phenoxy) is 2. The molecular weight excluding hydrogens is 906 g/mol. The molecule has 0 bridgehead atoms. The SMILES string of the molecule is CC(=O)SCc1ccc(Cl)c(N(C)C(=O)C(F)F)c1Cl.COC(=O)c1ncccc1C.COC(=O)c1ncccc1CSCc1ccc(Cl)c(N(C)C(=O)C(F)F)c1Cl. The zero-order chi connectivity index (χ0) is 44.6. The van der Waals surface area contributed by atoms with Gasteiger partial charge >= 0.3 is 24.8 Å². The van der Waals surface area contributed by atoms with Crippen molar-refractivity contribution in [1.29, 1.82) is 0 Å². The molecule has 59 heavy (non-hydrogen) atoms. The standard InChI is InChI=1S/C18H16Cl2F2N2O3S.C12H11Cl2F2NO2S.C8H9NO2/c1-24(17(25)16(21)22)15-12(19)6-5-10(13(15)20)8-28-9-11-4-3-7-23-14(11)18(26)27-2;1-6(18)20-5-7-3-4-8(13)10(9(7)14)17(2)12(19)11(15)16;1-6-4-3-5-9-7(6)8(10)11-2/h3-7,16H,8-9H2,1-2H3;3-4,11H,5H2,1-2H3;3-5H,1-2H3. The molecule has 4 rings (SSSR count). The molecule has 0 N–H and O–H groups in total. The largest absolute Gasteiger partial charge is 0.464 e. The van der Waals surface area contributed by atoms with Crippen LogP contribution in [0.1, 0.15) is 50.2 Å². The molecule has 4 aromatic rings. The van der Waals surface area contributed by atoms with Gasteiger partial charge in [0.1, 0.15) is 0 Å². The van der Waals surface area contributed by atoms with Crippen LogP contribution < -0.4 is 9.80 Å². The van der Waals surface area contributed by atoms with E-state index in [1.807, 2.05) is 13.0 Å². The van der Waals surface area contributed by atoms with Crippen LogP contribution in [-0.4, -0.2) is 80.0 Å². The van der Waals surface area contributed by atoms with Gasteiger partial charge in [-0.2, -0.15) is 29.3 Å². The van der Waals surface area contributed by atoms with Crippen LogP contribution in [0.4, 0.5) is 28.9 Å². The van der Waals surface area contributed by atoms with Crippen molar-refractivity contribution in [1.82, 2.24) is 9.97 Å². The molecule has 2 amide bonds. The molecule has 0 radical (unpaired) electrons. The third-order valence-electron chi connectivity index (χ3n) is 7.60. The summed E-state index contributed by atoms with van der Waals surface area (Å²) >= 11 is 26.8. The Morgan fingerprint density at radius 2 is 1.08 bits per heavy atom.